The molecule has 0 aliphatic heterocycles. The Morgan fingerprint density at radius 3 is 2.79 bits per heavy atom. The van der Waals surface area contributed by atoms with Crippen LogP contribution in [0.4, 0.5) is 5.82 Å². The number of ether oxygens (including phenoxy) is 1. The summed E-state index contributed by atoms with van der Waals surface area (Å²) in [6.07, 6.45) is 6.80. The summed E-state index contributed by atoms with van der Waals surface area (Å²) in [7, 11) is 3.33. The highest BCUT2D eigenvalue weighted by molar-refractivity contribution is 6.02. The van der Waals surface area contributed by atoms with Crippen LogP contribution in [0.5, 0.6) is 0 Å². The Morgan fingerprint density at radius 1 is 1.28 bits per heavy atom. The molecule has 152 valence electrons. The number of rotatable bonds is 6. The largest absolute Gasteiger partial charge is 0.378 e. The van der Waals surface area contributed by atoms with Crippen LogP contribution in [0.2, 0.25) is 0 Å². The maximum absolute atomic E-state index is 12.6. The van der Waals surface area contributed by atoms with Gasteiger partial charge in [-0.3, -0.25) is 14.6 Å². The zero-order chi connectivity index (χ0) is 20.4. The number of aromatic nitrogens is 6. The standard InChI is InChI=1S/C20H25N7O2/c1-12-9-21-19(22-10-12)14-5-4-13(6-14)16-8-18(25-24-16)23-20(28)17-7-15(11-29-3)26-27(17)2/h7-10,13-14H,4-6,11H2,1-3H3,(H2,23,24,25,28)/t13-,14+/m0/s1. The van der Waals surface area contributed by atoms with E-state index in [1.54, 1.807) is 24.9 Å². The van der Waals surface area contributed by atoms with Crippen molar-refractivity contribution in [3.63, 3.8) is 0 Å². The van der Waals surface area contributed by atoms with E-state index < -0.39 is 0 Å². The molecule has 2 atom stereocenters. The van der Waals surface area contributed by atoms with Crippen LogP contribution < -0.4 is 5.32 Å². The maximum Gasteiger partial charge on any atom is 0.275 e. The summed E-state index contributed by atoms with van der Waals surface area (Å²) < 4.78 is 6.61. The first-order chi connectivity index (χ1) is 14.0. The summed E-state index contributed by atoms with van der Waals surface area (Å²) in [6.45, 7) is 2.35. The van der Waals surface area contributed by atoms with Crippen LogP contribution in [0.3, 0.4) is 0 Å². The molecular formula is C20H25N7O2. The summed E-state index contributed by atoms with van der Waals surface area (Å²) in [5.74, 6) is 1.88. The molecule has 3 heterocycles. The molecular weight excluding hydrogens is 370 g/mol. The van der Waals surface area contributed by atoms with E-state index in [-0.39, 0.29) is 5.91 Å². The Hall–Kier alpha value is -3.07. The molecule has 3 aromatic rings. The Labute approximate surface area is 168 Å². The second-order valence-corrected chi connectivity index (χ2v) is 7.57. The normalized spacial score (nSPS) is 18.9. The van der Waals surface area contributed by atoms with E-state index in [1.165, 1.54) is 0 Å². The number of aromatic amines is 1. The van der Waals surface area contributed by atoms with Gasteiger partial charge >= 0.3 is 0 Å². The number of carbonyl (C=O) groups excluding carboxylic acids is 1. The van der Waals surface area contributed by atoms with Crippen molar-refractivity contribution >= 4 is 11.7 Å². The minimum absolute atomic E-state index is 0.252. The van der Waals surface area contributed by atoms with Crippen LogP contribution in [0.15, 0.2) is 24.5 Å². The number of carbonyl (C=O) groups is 1. The monoisotopic (exact) mass is 395 g/mol. The predicted octanol–water partition coefficient (Wildman–Crippen LogP) is 2.69. The second kappa shape index (κ2) is 8.12. The molecule has 0 bridgehead atoms. The highest BCUT2D eigenvalue weighted by Crippen LogP contribution is 2.42. The van der Waals surface area contributed by atoms with Crippen molar-refractivity contribution in [3.8, 4) is 0 Å². The van der Waals surface area contributed by atoms with Gasteiger partial charge in [-0.1, -0.05) is 0 Å². The van der Waals surface area contributed by atoms with Gasteiger partial charge in [0, 0.05) is 50.1 Å². The third-order valence-electron chi connectivity index (χ3n) is 5.33. The minimum atomic E-state index is -0.252. The van der Waals surface area contributed by atoms with E-state index in [0.717, 1.165) is 36.3 Å². The predicted molar refractivity (Wildman–Crippen MR) is 107 cm³/mol. The molecule has 0 aromatic carbocycles. The zero-order valence-electron chi connectivity index (χ0n) is 16.8. The van der Waals surface area contributed by atoms with Crippen molar-refractivity contribution in [2.45, 2.75) is 44.6 Å². The third kappa shape index (κ3) is 4.19. The molecule has 1 fully saturated rings. The molecule has 0 saturated heterocycles. The van der Waals surface area contributed by atoms with Crippen LogP contribution in [-0.2, 0) is 18.4 Å². The molecule has 3 aromatic heterocycles. The van der Waals surface area contributed by atoms with Gasteiger partial charge in [0.05, 0.1) is 12.3 Å². The van der Waals surface area contributed by atoms with Crippen LogP contribution in [-0.4, -0.2) is 43.0 Å². The molecule has 2 N–H and O–H groups in total. The fourth-order valence-corrected chi connectivity index (χ4v) is 3.86. The summed E-state index contributed by atoms with van der Waals surface area (Å²) in [5.41, 5.74) is 3.26. The molecule has 4 rings (SSSR count). The Balaban J connectivity index is 1.40. The Bertz CT molecular complexity index is 993. The number of amides is 1. The quantitative estimate of drug-likeness (QED) is 0.664. The van der Waals surface area contributed by atoms with Crippen LogP contribution in [0, 0.1) is 6.92 Å². The minimum Gasteiger partial charge on any atom is -0.378 e. The fraction of sp³-hybridized carbons (Fsp3) is 0.450. The van der Waals surface area contributed by atoms with Gasteiger partial charge in [-0.15, -0.1) is 0 Å². The summed E-state index contributed by atoms with van der Waals surface area (Å²) in [5, 5.41) is 14.4. The molecule has 0 radical (unpaired) electrons. The number of H-pyrrole nitrogens is 1. The second-order valence-electron chi connectivity index (χ2n) is 7.57. The maximum atomic E-state index is 12.6. The van der Waals surface area contributed by atoms with E-state index in [2.05, 4.69) is 30.6 Å². The van der Waals surface area contributed by atoms with Gasteiger partial charge in [0.25, 0.3) is 5.91 Å². The molecule has 1 aliphatic rings. The number of hydrogen-bond acceptors (Lipinski definition) is 6. The van der Waals surface area contributed by atoms with Gasteiger partial charge in [0.15, 0.2) is 5.82 Å². The summed E-state index contributed by atoms with van der Waals surface area (Å²) in [6, 6.07) is 3.63. The van der Waals surface area contributed by atoms with Gasteiger partial charge in [0.1, 0.15) is 11.5 Å². The van der Waals surface area contributed by atoms with Crippen LogP contribution in [0.1, 0.15) is 64.4 Å². The van der Waals surface area contributed by atoms with E-state index in [0.29, 0.717) is 35.6 Å². The van der Waals surface area contributed by atoms with Gasteiger partial charge < -0.3 is 10.1 Å². The topological polar surface area (TPSA) is 111 Å². The molecule has 1 aliphatic carbocycles. The lowest BCUT2D eigenvalue weighted by Gasteiger charge is -2.09. The van der Waals surface area contributed by atoms with Gasteiger partial charge in [-0.05, 0) is 37.8 Å². The lowest BCUT2D eigenvalue weighted by Crippen LogP contribution is -2.16. The summed E-state index contributed by atoms with van der Waals surface area (Å²) in [4.78, 5) is 21.5. The lowest BCUT2D eigenvalue weighted by molar-refractivity contribution is 0.101. The van der Waals surface area contributed by atoms with Crippen molar-refractivity contribution in [1.29, 1.82) is 0 Å². The highest BCUT2D eigenvalue weighted by Gasteiger charge is 2.30. The molecule has 0 unspecified atom stereocenters. The first-order valence-electron chi connectivity index (χ1n) is 9.70. The average Bonchev–Trinajstić information content (AvgIpc) is 3.42. The average molecular weight is 395 g/mol. The number of anilines is 1. The van der Waals surface area contributed by atoms with Crippen molar-refractivity contribution in [3.05, 3.63) is 53.0 Å². The SMILES string of the molecule is COCc1cc(C(=O)Nc2cc([C@H]3CC[C@@H](c4ncc(C)cn4)C3)[nH]n2)n(C)n1. The highest BCUT2D eigenvalue weighted by atomic mass is 16.5. The molecule has 9 nitrogen and oxygen atoms in total. The molecule has 0 spiro atoms. The number of methoxy groups -OCH3 is 1. The number of hydrogen-bond donors (Lipinski definition) is 2. The number of nitrogens with zero attached hydrogens (tertiary/aromatic N) is 5. The van der Waals surface area contributed by atoms with Gasteiger partial charge in [-0.2, -0.15) is 10.2 Å². The molecule has 9 heteroatoms. The van der Waals surface area contributed by atoms with Crippen molar-refractivity contribution in [2.75, 3.05) is 12.4 Å². The van der Waals surface area contributed by atoms with Crippen LogP contribution in [0.25, 0.3) is 0 Å². The molecule has 1 saturated carbocycles. The third-order valence-corrected chi connectivity index (χ3v) is 5.33. The van der Waals surface area contributed by atoms with Crippen molar-refractivity contribution in [2.24, 2.45) is 7.05 Å². The van der Waals surface area contributed by atoms with E-state index in [9.17, 15) is 4.79 Å². The number of nitrogens with one attached hydrogen (secondary N) is 2. The van der Waals surface area contributed by atoms with Crippen LogP contribution >= 0.6 is 0 Å². The van der Waals surface area contributed by atoms with E-state index >= 15 is 0 Å². The Morgan fingerprint density at radius 2 is 2.03 bits per heavy atom. The molecule has 29 heavy (non-hydrogen) atoms. The Kier molecular flexibility index (Phi) is 5.39. The summed E-state index contributed by atoms with van der Waals surface area (Å²) >= 11 is 0. The zero-order valence-corrected chi connectivity index (χ0v) is 16.8. The van der Waals surface area contributed by atoms with Crippen molar-refractivity contribution in [1.82, 2.24) is 29.9 Å². The fourth-order valence-electron chi connectivity index (χ4n) is 3.86. The van der Waals surface area contributed by atoms with E-state index in [4.69, 9.17) is 4.74 Å². The van der Waals surface area contributed by atoms with Gasteiger partial charge in [-0.25, -0.2) is 9.97 Å². The van der Waals surface area contributed by atoms with E-state index in [1.807, 2.05) is 25.4 Å². The van der Waals surface area contributed by atoms with Gasteiger partial charge in [0.2, 0.25) is 0 Å². The molecule has 1 amide bonds. The lowest BCUT2D eigenvalue weighted by atomic mass is 10.0. The number of aryl methyl sites for hydroxylation is 2. The first kappa shape index (κ1) is 19.3. The van der Waals surface area contributed by atoms with Crippen molar-refractivity contribution < 1.29 is 9.53 Å². The first-order valence-corrected chi connectivity index (χ1v) is 9.70. The smallest absolute Gasteiger partial charge is 0.275 e.